The van der Waals surface area contributed by atoms with Crippen molar-refractivity contribution in [2.75, 3.05) is 12.4 Å². The van der Waals surface area contributed by atoms with Crippen LogP contribution in [-0.4, -0.2) is 33.3 Å². The number of ether oxygens (including phenoxy) is 1. The van der Waals surface area contributed by atoms with Crippen LogP contribution in [0.3, 0.4) is 0 Å². The van der Waals surface area contributed by atoms with E-state index in [1.165, 1.54) is 31.6 Å². The van der Waals surface area contributed by atoms with E-state index in [1.807, 2.05) is 0 Å². The zero-order chi connectivity index (χ0) is 12.3. The summed E-state index contributed by atoms with van der Waals surface area (Å²) in [5.41, 5.74) is 0.291. The smallest absolute Gasteiger partial charge is 0.258 e. The quantitative estimate of drug-likeness (QED) is 0.728. The molecule has 0 radical (unpaired) electrons. The second kappa shape index (κ2) is 4.52. The first-order valence-electron chi connectivity index (χ1n) is 4.74. The minimum atomic E-state index is -0.403. The molecule has 0 fully saturated rings. The van der Waals surface area contributed by atoms with Gasteiger partial charge in [0.05, 0.1) is 7.11 Å². The number of hydrogen-bond donors (Lipinski definition) is 3. The summed E-state index contributed by atoms with van der Waals surface area (Å²) in [4.78, 5) is 15.5. The number of aromatic hydroxyl groups is 1. The van der Waals surface area contributed by atoms with E-state index in [2.05, 4.69) is 20.5 Å². The van der Waals surface area contributed by atoms with Gasteiger partial charge in [0.1, 0.15) is 6.33 Å². The lowest BCUT2D eigenvalue weighted by Crippen LogP contribution is -2.12. The Morgan fingerprint density at radius 1 is 1.53 bits per heavy atom. The molecule has 1 heterocycles. The van der Waals surface area contributed by atoms with E-state index in [1.54, 1.807) is 0 Å². The number of carbonyl (C=O) groups is 1. The summed E-state index contributed by atoms with van der Waals surface area (Å²) in [6.45, 7) is 0. The van der Waals surface area contributed by atoms with Gasteiger partial charge in [-0.15, -0.1) is 0 Å². The average molecular weight is 234 g/mol. The molecule has 0 spiro atoms. The summed E-state index contributed by atoms with van der Waals surface area (Å²) in [6.07, 6.45) is 1.28. The number of anilines is 1. The van der Waals surface area contributed by atoms with Gasteiger partial charge >= 0.3 is 0 Å². The monoisotopic (exact) mass is 234 g/mol. The molecule has 0 aliphatic rings. The molecule has 0 bridgehead atoms. The zero-order valence-corrected chi connectivity index (χ0v) is 8.97. The fourth-order valence-corrected chi connectivity index (χ4v) is 1.28. The summed E-state index contributed by atoms with van der Waals surface area (Å²) in [5, 5.41) is 18.1. The molecule has 2 rings (SSSR count). The van der Waals surface area contributed by atoms with Crippen LogP contribution in [0.5, 0.6) is 11.5 Å². The molecule has 0 unspecified atom stereocenters. The number of phenolic OH excluding ortho intramolecular Hbond substituents is 1. The molecule has 88 valence electrons. The van der Waals surface area contributed by atoms with Gasteiger partial charge in [-0.05, 0) is 18.2 Å². The Morgan fingerprint density at radius 3 is 2.94 bits per heavy atom. The molecular formula is C10H10N4O3. The Labute approximate surface area is 96.5 Å². The minimum Gasteiger partial charge on any atom is -0.504 e. The van der Waals surface area contributed by atoms with E-state index in [0.29, 0.717) is 11.3 Å². The first-order valence-corrected chi connectivity index (χ1v) is 4.74. The van der Waals surface area contributed by atoms with E-state index in [0.717, 1.165) is 0 Å². The number of aromatic nitrogens is 3. The van der Waals surface area contributed by atoms with Crippen LogP contribution in [0.2, 0.25) is 0 Å². The number of H-pyrrole nitrogens is 1. The summed E-state index contributed by atoms with van der Waals surface area (Å²) < 4.78 is 4.88. The van der Waals surface area contributed by atoms with E-state index < -0.39 is 5.91 Å². The highest BCUT2D eigenvalue weighted by Gasteiger charge is 2.10. The zero-order valence-electron chi connectivity index (χ0n) is 8.97. The van der Waals surface area contributed by atoms with Gasteiger partial charge in [-0.2, -0.15) is 10.1 Å². The fourth-order valence-electron chi connectivity index (χ4n) is 1.28. The molecule has 17 heavy (non-hydrogen) atoms. The van der Waals surface area contributed by atoms with Gasteiger partial charge in [0.15, 0.2) is 11.5 Å². The fraction of sp³-hybridized carbons (Fsp3) is 0.100. The molecule has 3 N–H and O–H groups in total. The summed E-state index contributed by atoms with van der Waals surface area (Å²) in [6, 6.07) is 4.35. The molecule has 0 saturated heterocycles. The standard InChI is InChI=1S/C10H10N4O3/c1-17-8-3-2-6(4-7(8)15)9(16)13-10-11-5-12-14-10/h2-5,15H,1H3,(H2,11,12,13,14,16). The number of nitrogens with zero attached hydrogens (tertiary/aromatic N) is 2. The van der Waals surface area contributed by atoms with E-state index >= 15 is 0 Å². The molecule has 0 saturated carbocycles. The van der Waals surface area contributed by atoms with E-state index in [9.17, 15) is 9.90 Å². The third-order valence-corrected chi connectivity index (χ3v) is 2.09. The number of carbonyl (C=O) groups excluding carboxylic acids is 1. The molecule has 1 amide bonds. The lowest BCUT2D eigenvalue weighted by molar-refractivity contribution is 0.102. The highest BCUT2D eigenvalue weighted by atomic mass is 16.5. The van der Waals surface area contributed by atoms with Gasteiger partial charge in [0.25, 0.3) is 5.91 Å². The second-order valence-corrected chi connectivity index (χ2v) is 3.17. The highest BCUT2D eigenvalue weighted by molar-refractivity contribution is 6.03. The highest BCUT2D eigenvalue weighted by Crippen LogP contribution is 2.26. The average Bonchev–Trinajstić information content (AvgIpc) is 2.81. The van der Waals surface area contributed by atoms with Crippen molar-refractivity contribution >= 4 is 11.9 Å². The topological polar surface area (TPSA) is 100 Å². The van der Waals surface area contributed by atoms with E-state index in [4.69, 9.17) is 4.74 Å². The van der Waals surface area contributed by atoms with Crippen molar-refractivity contribution < 1.29 is 14.6 Å². The summed E-state index contributed by atoms with van der Waals surface area (Å²) >= 11 is 0. The van der Waals surface area contributed by atoms with Crippen LogP contribution >= 0.6 is 0 Å². The third-order valence-electron chi connectivity index (χ3n) is 2.09. The number of rotatable bonds is 3. The summed E-state index contributed by atoms with van der Waals surface area (Å²) in [5.74, 6) is 0.0453. The maximum atomic E-state index is 11.7. The molecule has 7 heteroatoms. The van der Waals surface area contributed by atoms with Crippen LogP contribution in [0.4, 0.5) is 5.95 Å². The molecule has 0 aliphatic carbocycles. The number of hydrogen-bond acceptors (Lipinski definition) is 5. The predicted octanol–water partition coefficient (Wildman–Crippen LogP) is 0.771. The number of nitrogens with one attached hydrogen (secondary N) is 2. The van der Waals surface area contributed by atoms with Gasteiger partial charge in [-0.1, -0.05) is 0 Å². The molecule has 0 atom stereocenters. The predicted molar refractivity (Wildman–Crippen MR) is 59.0 cm³/mol. The number of aromatic amines is 1. The Balaban J connectivity index is 2.17. The number of benzene rings is 1. The second-order valence-electron chi connectivity index (χ2n) is 3.17. The number of phenols is 1. The Bertz CT molecular complexity index is 524. The van der Waals surface area contributed by atoms with Crippen molar-refractivity contribution in [3.63, 3.8) is 0 Å². The van der Waals surface area contributed by atoms with Crippen LogP contribution in [0.15, 0.2) is 24.5 Å². The maximum Gasteiger partial charge on any atom is 0.258 e. The lowest BCUT2D eigenvalue weighted by atomic mass is 10.2. The first-order chi connectivity index (χ1) is 8.20. The molecule has 7 nitrogen and oxygen atoms in total. The third kappa shape index (κ3) is 2.33. The van der Waals surface area contributed by atoms with Gasteiger partial charge in [0, 0.05) is 5.56 Å². The van der Waals surface area contributed by atoms with Crippen molar-refractivity contribution in [2.24, 2.45) is 0 Å². The largest absolute Gasteiger partial charge is 0.504 e. The lowest BCUT2D eigenvalue weighted by Gasteiger charge is -2.05. The van der Waals surface area contributed by atoms with Gasteiger partial charge in [0.2, 0.25) is 5.95 Å². The number of amides is 1. The molecule has 1 aromatic carbocycles. The van der Waals surface area contributed by atoms with Gasteiger partial charge in [-0.25, -0.2) is 5.10 Å². The Hall–Kier alpha value is -2.57. The van der Waals surface area contributed by atoms with E-state index in [-0.39, 0.29) is 11.7 Å². The van der Waals surface area contributed by atoms with Crippen molar-refractivity contribution in [3.8, 4) is 11.5 Å². The summed E-state index contributed by atoms with van der Waals surface area (Å²) in [7, 11) is 1.43. The normalized spacial score (nSPS) is 9.94. The van der Waals surface area contributed by atoms with Crippen LogP contribution in [0.1, 0.15) is 10.4 Å². The van der Waals surface area contributed by atoms with Crippen LogP contribution < -0.4 is 10.1 Å². The van der Waals surface area contributed by atoms with Crippen LogP contribution in [-0.2, 0) is 0 Å². The first kappa shape index (κ1) is 10.9. The van der Waals surface area contributed by atoms with Crippen LogP contribution in [0.25, 0.3) is 0 Å². The Kier molecular flexibility index (Phi) is 2.91. The van der Waals surface area contributed by atoms with Crippen molar-refractivity contribution in [1.29, 1.82) is 0 Å². The van der Waals surface area contributed by atoms with Crippen molar-refractivity contribution in [3.05, 3.63) is 30.1 Å². The molecule has 2 aromatic rings. The SMILES string of the molecule is COc1ccc(C(=O)Nc2ncn[nH]2)cc1O. The van der Waals surface area contributed by atoms with Crippen molar-refractivity contribution in [2.45, 2.75) is 0 Å². The molecule has 0 aliphatic heterocycles. The minimum absolute atomic E-state index is 0.0993. The Morgan fingerprint density at radius 2 is 2.35 bits per heavy atom. The maximum absolute atomic E-state index is 11.7. The molecule has 1 aromatic heterocycles. The van der Waals surface area contributed by atoms with Gasteiger partial charge in [-0.3, -0.25) is 10.1 Å². The van der Waals surface area contributed by atoms with Gasteiger partial charge < -0.3 is 9.84 Å². The van der Waals surface area contributed by atoms with Crippen molar-refractivity contribution in [1.82, 2.24) is 15.2 Å². The number of methoxy groups -OCH3 is 1. The molecular weight excluding hydrogens is 224 g/mol. The van der Waals surface area contributed by atoms with Crippen LogP contribution in [0, 0.1) is 0 Å².